The van der Waals surface area contributed by atoms with Gasteiger partial charge in [0.1, 0.15) is 36.6 Å². The van der Waals surface area contributed by atoms with Gasteiger partial charge in [0, 0.05) is 0 Å². The minimum atomic E-state index is -1.51. The predicted molar refractivity (Wildman–Crippen MR) is 56.6 cm³/mol. The van der Waals surface area contributed by atoms with E-state index in [-0.39, 0.29) is 6.61 Å². The summed E-state index contributed by atoms with van der Waals surface area (Å²) < 4.78 is 15.0. The normalized spacial score (nSPS) is 50.8. The van der Waals surface area contributed by atoms with Crippen LogP contribution < -0.4 is 0 Å². The molecule has 0 amide bonds. The van der Waals surface area contributed by atoms with Gasteiger partial charge < -0.3 is 44.8 Å². The van der Waals surface area contributed by atoms with Crippen molar-refractivity contribution in [1.82, 2.24) is 0 Å². The van der Waals surface area contributed by atoms with E-state index in [0.29, 0.717) is 0 Å². The summed E-state index contributed by atoms with van der Waals surface area (Å²) in [4.78, 5) is 0. The zero-order valence-corrected chi connectivity index (χ0v) is 9.94. The van der Waals surface area contributed by atoms with Gasteiger partial charge in [0.2, 0.25) is 0 Å². The molecule has 6 N–H and O–H groups in total. The van der Waals surface area contributed by atoms with Crippen LogP contribution >= 0.6 is 0 Å². The van der Waals surface area contributed by atoms with E-state index in [4.69, 9.17) is 24.4 Å². The van der Waals surface area contributed by atoms with Gasteiger partial charge in [-0.15, -0.1) is 0 Å². The first-order valence-electron chi connectivity index (χ1n) is 5.89. The van der Waals surface area contributed by atoms with Crippen molar-refractivity contribution in [2.75, 3.05) is 13.2 Å². The molecule has 9 heteroatoms. The van der Waals surface area contributed by atoms with Crippen molar-refractivity contribution >= 4 is 0 Å². The number of ether oxygens (including phenoxy) is 3. The Labute approximate surface area is 108 Å². The average molecular weight is 282 g/mol. The number of rotatable bonds is 4. The van der Waals surface area contributed by atoms with Gasteiger partial charge in [-0.25, -0.2) is 0 Å². The van der Waals surface area contributed by atoms with Crippen molar-refractivity contribution in [2.24, 2.45) is 0 Å². The second-order valence-corrected chi connectivity index (χ2v) is 4.59. The van der Waals surface area contributed by atoms with Crippen molar-refractivity contribution in [2.45, 2.75) is 49.2 Å². The summed E-state index contributed by atoms with van der Waals surface area (Å²) >= 11 is 0. The van der Waals surface area contributed by atoms with Crippen molar-refractivity contribution in [3.63, 3.8) is 0 Å². The lowest BCUT2D eigenvalue weighted by molar-refractivity contribution is -0.197. The monoisotopic (exact) mass is 282 g/mol. The highest BCUT2D eigenvalue weighted by Crippen LogP contribution is 2.24. The van der Waals surface area contributed by atoms with Gasteiger partial charge in [-0.1, -0.05) is 0 Å². The molecule has 2 fully saturated rings. The fourth-order valence-corrected chi connectivity index (χ4v) is 2.06. The number of aliphatic hydroxyl groups excluding tert-OH is 6. The molecular weight excluding hydrogens is 264 g/mol. The molecule has 0 aromatic heterocycles. The van der Waals surface area contributed by atoms with Crippen LogP contribution in [0.25, 0.3) is 0 Å². The summed E-state index contributed by atoms with van der Waals surface area (Å²) in [6.45, 7) is -0.736. The zero-order chi connectivity index (χ0) is 14.2. The van der Waals surface area contributed by atoms with Crippen LogP contribution in [0.3, 0.4) is 0 Å². The molecule has 2 heterocycles. The Balaban J connectivity index is 1.83. The van der Waals surface area contributed by atoms with E-state index < -0.39 is 55.8 Å². The molecule has 19 heavy (non-hydrogen) atoms. The summed E-state index contributed by atoms with van der Waals surface area (Å²) in [5.41, 5.74) is 0. The maximum absolute atomic E-state index is 9.59. The maximum Gasteiger partial charge on any atom is 0.186 e. The largest absolute Gasteiger partial charge is 0.394 e. The van der Waals surface area contributed by atoms with E-state index in [0.717, 1.165) is 0 Å². The van der Waals surface area contributed by atoms with Gasteiger partial charge >= 0.3 is 0 Å². The Morgan fingerprint density at radius 2 is 1.42 bits per heavy atom. The highest BCUT2D eigenvalue weighted by atomic mass is 16.7. The molecule has 0 unspecified atom stereocenters. The second-order valence-electron chi connectivity index (χ2n) is 4.59. The average Bonchev–Trinajstić information content (AvgIpc) is 2.81. The third-order valence-electron chi connectivity index (χ3n) is 3.26. The van der Waals surface area contributed by atoms with E-state index in [1.54, 1.807) is 0 Å². The SMILES string of the molecule is OC[C@@H]1O[C@@H](OC[C@@H]2O[C@H](O)[C@H](O)[C@H]2O)[C@H](O)[C@H]1O. The predicted octanol–water partition coefficient (Wildman–Crippen LogP) is -4.12. The molecule has 0 spiro atoms. The molecule has 0 bridgehead atoms. The number of hydrogen-bond acceptors (Lipinski definition) is 9. The first-order chi connectivity index (χ1) is 8.95. The summed E-state index contributed by atoms with van der Waals surface area (Å²) in [5, 5.41) is 55.9. The topological polar surface area (TPSA) is 149 Å². The zero-order valence-electron chi connectivity index (χ0n) is 9.94. The van der Waals surface area contributed by atoms with Gasteiger partial charge in [-0.2, -0.15) is 0 Å². The van der Waals surface area contributed by atoms with Crippen molar-refractivity contribution in [1.29, 1.82) is 0 Å². The minimum Gasteiger partial charge on any atom is -0.394 e. The quantitative estimate of drug-likeness (QED) is 0.302. The Hall–Kier alpha value is -0.360. The summed E-state index contributed by atoms with van der Waals surface area (Å²) in [7, 11) is 0. The van der Waals surface area contributed by atoms with Crippen LogP contribution in [-0.4, -0.2) is 93.1 Å². The third kappa shape index (κ3) is 2.89. The van der Waals surface area contributed by atoms with Gasteiger partial charge in [0.05, 0.1) is 13.2 Å². The van der Waals surface area contributed by atoms with E-state index in [2.05, 4.69) is 0 Å². The van der Waals surface area contributed by atoms with E-state index in [1.807, 2.05) is 0 Å². The molecule has 0 aliphatic carbocycles. The summed E-state index contributed by atoms with van der Waals surface area (Å²) in [6.07, 6.45) is -10.00. The summed E-state index contributed by atoms with van der Waals surface area (Å²) in [6, 6.07) is 0. The Kier molecular flexibility index (Phi) is 4.71. The van der Waals surface area contributed by atoms with Crippen LogP contribution in [0.4, 0.5) is 0 Å². The molecule has 0 radical (unpaired) electrons. The molecule has 8 atom stereocenters. The van der Waals surface area contributed by atoms with Gasteiger partial charge in [-0.05, 0) is 0 Å². The smallest absolute Gasteiger partial charge is 0.186 e. The first-order valence-corrected chi connectivity index (χ1v) is 5.89. The Morgan fingerprint density at radius 3 is 1.89 bits per heavy atom. The van der Waals surface area contributed by atoms with Crippen molar-refractivity contribution in [3.8, 4) is 0 Å². The van der Waals surface area contributed by atoms with E-state index >= 15 is 0 Å². The fraction of sp³-hybridized carbons (Fsp3) is 1.00. The Bertz CT molecular complexity index is 301. The van der Waals surface area contributed by atoms with Crippen LogP contribution in [0.5, 0.6) is 0 Å². The highest BCUT2D eigenvalue weighted by molar-refractivity contribution is 4.88. The minimum absolute atomic E-state index is 0.262. The van der Waals surface area contributed by atoms with Gasteiger partial charge in [0.25, 0.3) is 0 Å². The lowest BCUT2D eigenvalue weighted by Gasteiger charge is -2.19. The van der Waals surface area contributed by atoms with Crippen LogP contribution in [0, 0.1) is 0 Å². The molecule has 2 rings (SSSR count). The lowest BCUT2D eigenvalue weighted by Crippen LogP contribution is -2.38. The fourth-order valence-electron chi connectivity index (χ4n) is 2.06. The van der Waals surface area contributed by atoms with Crippen LogP contribution in [0.2, 0.25) is 0 Å². The first kappa shape index (κ1) is 15.0. The number of hydrogen-bond donors (Lipinski definition) is 6. The van der Waals surface area contributed by atoms with Crippen LogP contribution in [-0.2, 0) is 14.2 Å². The highest BCUT2D eigenvalue weighted by Gasteiger charge is 2.46. The molecule has 0 aromatic carbocycles. The van der Waals surface area contributed by atoms with Crippen molar-refractivity contribution < 1.29 is 44.8 Å². The lowest BCUT2D eigenvalue weighted by atomic mass is 10.1. The summed E-state index contributed by atoms with van der Waals surface area (Å²) in [5.74, 6) is 0. The standard InChI is InChI=1S/C10H18O9/c11-1-3-5(12)8(15)10(19-3)17-2-4-6(13)7(14)9(16)18-4/h3-16H,1-2H2/t3-,4-,5-,6-,7+,8+,9-,10+/m0/s1. The molecule has 0 aromatic rings. The molecule has 0 saturated carbocycles. The number of aliphatic hydroxyl groups is 6. The van der Waals surface area contributed by atoms with Crippen LogP contribution in [0.15, 0.2) is 0 Å². The van der Waals surface area contributed by atoms with Crippen molar-refractivity contribution in [3.05, 3.63) is 0 Å². The van der Waals surface area contributed by atoms with E-state index in [1.165, 1.54) is 0 Å². The molecular formula is C10H18O9. The maximum atomic E-state index is 9.59. The second kappa shape index (κ2) is 5.95. The van der Waals surface area contributed by atoms with E-state index in [9.17, 15) is 20.4 Å². The third-order valence-corrected chi connectivity index (χ3v) is 3.26. The molecule has 2 saturated heterocycles. The molecule has 2 aliphatic heterocycles. The molecule has 9 nitrogen and oxygen atoms in total. The molecule has 112 valence electrons. The van der Waals surface area contributed by atoms with Crippen LogP contribution in [0.1, 0.15) is 0 Å². The Morgan fingerprint density at radius 1 is 0.789 bits per heavy atom. The van der Waals surface area contributed by atoms with Gasteiger partial charge in [0.15, 0.2) is 12.6 Å². The van der Waals surface area contributed by atoms with Gasteiger partial charge in [-0.3, -0.25) is 0 Å². The molecule has 2 aliphatic rings.